The molecule has 0 spiro atoms. The number of aliphatic hydroxyl groups is 2. The van der Waals surface area contributed by atoms with E-state index in [0.717, 1.165) is 0 Å². The van der Waals surface area contributed by atoms with Crippen molar-refractivity contribution >= 4 is 0 Å². The third kappa shape index (κ3) is 2.62. The smallest absolute Gasteiger partial charge is 0.132 e. The number of rotatable bonds is 4. The zero-order chi connectivity index (χ0) is 8.15. The monoisotopic (exact) mass is 149 g/mol. The van der Waals surface area contributed by atoms with Gasteiger partial charge in [0.15, 0.2) is 0 Å². The molecule has 0 rings (SSSR count). The standard InChI is InChI=1S/C6H15NO3/c1-4(2)5(3-8)6(9)7-10/h4-10H,3H2,1-2H3. The Kier molecular flexibility index (Phi) is 4.55. The van der Waals surface area contributed by atoms with Crippen molar-refractivity contribution in [3.63, 3.8) is 0 Å². The predicted octanol–water partition coefficient (Wildman–Crippen LogP) is -0.452. The summed E-state index contributed by atoms with van der Waals surface area (Å²) in [5, 5.41) is 25.9. The normalized spacial score (nSPS) is 17.4. The minimum Gasteiger partial charge on any atom is -0.396 e. The molecule has 4 heteroatoms. The van der Waals surface area contributed by atoms with E-state index in [-0.39, 0.29) is 18.4 Å². The largest absolute Gasteiger partial charge is 0.396 e. The minimum atomic E-state index is -1.04. The maximum atomic E-state index is 8.97. The molecule has 0 aromatic rings. The molecule has 0 aromatic carbocycles. The number of aliphatic hydroxyl groups excluding tert-OH is 2. The molecular formula is C6H15NO3. The average Bonchev–Trinajstić information content (AvgIpc) is 1.88. The second kappa shape index (κ2) is 4.62. The Labute approximate surface area is 60.5 Å². The fraction of sp³-hybridized carbons (Fsp3) is 1.00. The van der Waals surface area contributed by atoms with Gasteiger partial charge in [-0.2, -0.15) is 5.48 Å². The molecule has 0 aliphatic rings. The summed E-state index contributed by atoms with van der Waals surface area (Å²) in [4.78, 5) is 0. The summed E-state index contributed by atoms with van der Waals surface area (Å²) in [6.45, 7) is 3.59. The molecule has 0 aliphatic carbocycles. The van der Waals surface area contributed by atoms with Crippen LogP contribution in [0, 0.1) is 11.8 Å². The summed E-state index contributed by atoms with van der Waals surface area (Å²) in [6, 6.07) is 0. The molecule has 2 atom stereocenters. The van der Waals surface area contributed by atoms with E-state index in [2.05, 4.69) is 0 Å². The zero-order valence-electron chi connectivity index (χ0n) is 6.28. The van der Waals surface area contributed by atoms with E-state index < -0.39 is 6.23 Å². The Morgan fingerprint density at radius 3 is 2.00 bits per heavy atom. The van der Waals surface area contributed by atoms with Crippen LogP contribution in [-0.4, -0.2) is 28.3 Å². The van der Waals surface area contributed by atoms with Crippen LogP contribution in [0.2, 0.25) is 0 Å². The molecule has 0 aliphatic heterocycles. The minimum absolute atomic E-state index is 0.133. The van der Waals surface area contributed by atoms with Gasteiger partial charge in [0.2, 0.25) is 0 Å². The number of hydroxylamine groups is 1. The molecule has 0 heterocycles. The van der Waals surface area contributed by atoms with Crippen LogP contribution < -0.4 is 5.48 Å². The zero-order valence-corrected chi connectivity index (χ0v) is 6.28. The van der Waals surface area contributed by atoms with E-state index in [1.54, 1.807) is 5.48 Å². The average molecular weight is 149 g/mol. The number of nitrogens with one attached hydrogen (secondary N) is 1. The van der Waals surface area contributed by atoms with Gasteiger partial charge in [-0.25, -0.2) is 0 Å². The first-order chi connectivity index (χ1) is 4.63. The molecule has 0 amide bonds. The molecule has 62 valence electrons. The highest BCUT2D eigenvalue weighted by Crippen LogP contribution is 2.12. The summed E-state index contributed by atoms with van der Waals surface area (Å²) >= 11 is 0. The maximum Gasteiger partial charge on any atom is 0.132 e. The van der Waals surface area contributed by atoms with Crippen LogP contribution in [-0.2, 0) is 0 Å². The summed E-state index contributed by atoms with van der Waals surface area (Å²) in [6.07, 6.45) is -1.04. The maximum absolute atomic E-state index is 8.97. The van der Waals surface area contributed by atoms with Gasteiger partial charge in [-0.05, 0) is 5.92 Å². The van der Waals surface area contributed by atoms with Gasteiger partial charge in [-0.1, -0.05) is 13.8 Å². The van der Waals surface area contributed by atoms with Crippen molar-refractivity contribution in [1.29, 1.82) is 0 Å². The Balaban J connectivity index is 3.80. The summed E-state index contributed by atoms with van der Waals surface area (Å²) in [5.74, 6) is -0.176. The SMILES string of the molecule is CC(C)C(CO)C(O)NO. The van der Waals surface area contributed by atoms with Crippen molar-refractivity contribution in [3.05, 3.63) is 0 Å². The Bertz CT molecular complexity index is 87.1. The molecule has 0 radical (unpaired) electrons. The molecule has 0 saturated heterocycles. The van der Waals surface area contributed by atoms with E-state index in [9.17, 15) is 0 Å². The predicted molar refractivity (Wildman–Crippen MR) is 36.3 cm³/mol. The molecule has 10 heavy (non-hydrogen) atoms. The molecule has 0 fully saturated rings. The molecule has 0 aromatic heterocycles. The molecule has 4 N–H and O–H groups in total. The fourth-order valence-corrected chi connectivity index (χ4v) is 0.771. The topological polar surface area (TPSA) is 72.7 Å². The van der Waals surface area contributed by atoms with Gasteiger partial charge in [-0.3, -0.25) is 0 Å². The Morgan fingerprint density at radius 1 is 1.40 bits per heavy atom. The second-order valence-electron chi connectivity index (χ2n) is 2.66. The lowest BCUT2D eigenvalue weighted by Crippen LogP contribution is -2.38. The first-order valence-corrected chi connectivity index (χ1v) is 3.32. The highest BCUT2D eigenvalue weighted by Gasteiger charge is 2.20. The van der Waals surface area contributed by atoms with Crippen LogP contribution in [0.3, 0.4) is 0 Å². The van der Waals surface area contributed by atoms with Crippen LogP contribution >= 0.6 is 0 Å². The van der Waals surface area contributed by atoms with Crippen LogP contribution in [0.5, 0.6) is 0 Å². The van der Waals surface area contributed by atoms with Crippen molar-refractivity contribution < 1.29 is 15.4 Å². The van der Waals surface area contributed by atoms with Crippen LogP contribution in [0.1, 0.15) is 13.8 Å². The lowest BCUT2D eigenvalue weighted by molar-refractivity contribution is -0.0608. The van der Waals surface area contributed by atoms with Crippen LogP contribution in [0.4, 0.5) is 0 Å². The van der Waals surface area contributed by atoms with Gasteiger partial charge in [0.05, 0.1) is 0 Å². The van der Waals surface area contributed by atoms with E-state index in [0.29, 0.717) is 0 Å². The molecular weight excluding hydrogens is 134 g/mol. The van der Waals surface area contributed by atoms with Gasteiger partial charge in [0.25, 0.3) is 0 Å². The highest BCUT2D eigenvalue weighted by molar-refractivity contribution is 4.65. The molecule has 2 unspecified atom stereocenters. The van der Waals surface area contributed by atoms with Crippen molar-refractivity contribution in [1.82, 2.24) is 5.48 Å². The van der Waals surface area contributed by atoms with Crippen LogP contribution in [0.15, 0.2) is 0 Å². The fourth-order valence-electron chi connectivity index (χ4n) is 0.771. The Morgan fingerprint density at radius 2 is 1.90 bits per heavy atom. The summed E-state index contributed by atoms with van der Waals surface area (Å²) in [5.41, 5.74) is 1.69. The molecule has 0 saturated carbocycles. The summed E-state index contributed by atoms with van der Waals surface area (Å²) in [7, 11) is 0. The van der Waals surface area contributed by atoms with Crippen LogP contribution in [0.25, 0.3) is 0 Å². The quantitative estimate of drug-likeness (QED) is 0.322. The third-order valence-electron chi connectivity index (χ3n) is 1.60. The van der Waals surface area contributed by atoms with Crippen molar-refractivity contribution in [3.8, 4) is 0 Å². The van der Waals surface area contributed by atoms with Gasteiger partial charge >= 0.3 is 0 Å². The van der Waals surface area contributed by atoms with E-state index in [4.69, 9.17) is 15.4 Å². The van der Waals surface area contributed by atoms with E-state index >= 15 is 0 Å². The van der Waals surface area contributed by atoms with Gasteiger partial charge in [0.1, 0.15) is 6.23 Å². The van der Waals surface area contributed by atoms with Crippen molar-refractivity contribution in [2.24, 2.45) is 11.8 Å². The lowest BCUT2D eigenvalue weighted by Gasteiger charge is -2.22. The second-order valence-corrected chi connectivity index (χ2v) is 2.66. The lowest BCUT2D eigenvalue weighted by atomic mass is 9.95. The van der Waals surface area contributed by atoms with Gasteiger partial charge in [-0.15, -0.1) is 0 Å². The number of hydrogen-bond acceptors (Lipinski definition) is 4. The highest BCUT2D eigenvalue weighted by atomic mass is 16.5. The molecule has 0 bridgehead atoms. The number of hydrogen-bond donors (Lipinski definition) is 4. The van der Waals surface area contributed by atoms with Crippen molar-refractivity contribution in [2.75, 3.05) is 6.61 Å². The van der Waals surface area contributed by atoms with E-state index in [1.165, 1.54) is 0 Å². The van der Waals surface area contributed by atoms with Gasteiger partial charge in [0, 0.05) is 12.5 Å². The third-order valence-corrected chi connectivity index (χ3v) is 1.60. The first kappa shape index (κ1) is 9.84. The van der Waals surface area contributed by atoms with Crippen molar-refractivity contribution in [2.45, 2.75) is 20.1 Å². The first-order valence-electron chi connectivity index (χ1n) is 3.32. The van der Waals surface area contributed by atoms with Gasteiger partial charge < -0.3 is 15.4 Å². The Hall–Kier alpha value is -0.160. The molecule has 4 nitrogen and oxygen atoms in total. The van der Waals surface area contributed by atoms with E-state index in [1.807, 2.05) is 13.8 Å². The summed E-state index contributed by atoms with van der Waals surface area (Å²) < 4.78 is 0.